The van der Waals surface area contributed by atoms with Crippen molar-refractivity contribution in [3.63, 3.8) is 0 Å². The zero-order valence-electron chi connectivity index (χ0n) is 16.0. The second kappa shape index (κ2) is 7.34. The largest absolute Gasteiger partial charge is 0.508 e. The topological polar surface area (TPSA) is 66.8 Å². The highest BCUT2D eigenvalue weighted by molar-refractivity contribution is 5.94. The molecule has 4 unspecified atom stereocenters. The Bertz CT molecular complexity index is 721. The highest BCUT2D eigenvalue weighted by Crippen LogP contribution is 2.56. The molecule has 1 fully saturated rings. The first-order chi connectivity index (χ1) is 12.4. The number of benzene rings is 1. The molecule has 4 atom stereocenters. The van der Waals surface area contributed by atoms with Crippen LogP contribution in [0.3, 0.4) is 0 Å². The van der Waals surface area contributed by atoms with E-state index in [1.165, 1.54) is 0 Å². The predicted molar refractivity (Wildman–Crippen MR) is 102 cm³/mol. The van der Waals surface area contributed by atoms with Gasteiger partial charge in [-0.25, -0.2) is 4.79 Å². The van der Waals surface area contributed by atoms with Crippen LogP contribution in [-0.2, 0) is 6.42 Å². The summed E-state index contributed by atoms with van der Waals surface area (Å²) in [6, 6.07) is 1.67. The minimum absolute atomic E-state index is 0.00552. The number of hydrogen-bond donors (Lipinski definition) is 2. The van der Waals surface area contributed by atoms with Crippen LogP contribution in [0.25, 0.3) is 0 Å². The summed E-state index contributed by atoms with van der Waals surface area (Å²) in [4.78, 5) is 12.0. The van der Waals surface area contributed by atoms with Crippen LogP contribution in [0.5, 0.6) is 11.5 Å². The number of carbonyl (C=O) groups is 1. The zero-order chi connectivity index (χ0) is 19.0. The molecule has 0 bridgehead atoms. The van der Waals surface area contributed by atoms with Crippen LogP contribution in [0.15, 0.2) is 18.2 Å². The lowest BCUT2D eigenvalue weighted by Crippen LogP contribution is -2.36. The Labute approximate surface area is 155 Å². The van der Waals surface area contributed by atoms with Crippen molar-refractivity contribution in [3.05, 3.63) is 34.9 Å². The number of aromatic hydroxyl groups is 1. The first-order valence-electron chi connectivity index (χ1n) is 9.80. The van der Waals surface area contributed by atoms with Gasteiger partial charge in [0.2, 0.25) is 0 Å². The second-order valence-electron chi connectivity index (χ2n) is 8.05. The number of unbranched alkanes of at least 4 members (excludes halogenated alkanes) is 2. The van der Waals surface area contributed by atoms with Crippen LogP contribution in [0.2, 0.25) is 0 Å². The number of phenols is 1. The van der Waals surface area contributed by atoms with Crippen molar-refractivity contribution in [1.82, 2.24) is 0 Å². The maximum atomic E-state index is 12.0. The van der Waals surface area contributed by atoms with Gasteiger partial charge in [0.1, 0.15) is 23.2 Å². The summed E-state index contributed by atoms with van der Waals surface area (Å²) in [5.41, 5.74) is 2.69. The third-order valence-corrected chi connectivity index (χ3v) is 6.14. The number of phenolic OH excluding ortho intramolecular Hbond substituents is 1. The lowest BCUT2D eigenvalue weighted by molar-refractivity contribution is 0.0669. The van der Waals surface area contributed by atoms with Gasteiger partial charge in [-0.1, -0.05) is 38.8 Å². The van der Waals surface area contributed by atoms with Gasteiger partial charge in [-0.15, -0.1) is 0 Å². The van der Waals surface area contributed by atoms with E-state index in [0.29, 0.717) is 29.2 Å². The molecule has 3 rings (SSSR count). The van der Waals surface area contributed by atoms with E-state index in [2.05, 4.69) is 20.4 Å². The number of aryl methyl sites for hydroxylation is 1. The molecule has 1 aromatic rings. The first-order valence-corrected chi connectivity index (χ1v) is 9.80. The number of carboxylic acid groups (broad SMARTS) is 1. The molecule has 1 heterocycles. The maximum Gasteiger partial charge on any atom is 0.339 e. The quantitative estimate of drug-likeness (QED) is 0.535. The van der Waals surface area contributed by atoms with Crippen molar-refractivity contribution >= 4 is 5.97 Å². The van der Waals surface area contributed by atoms with E-state index in [9.17, 15) is 15.0 Å². The van der Waals surface area contributed by atoms with Gasteiger partial charge in [0.15, 0.2) is 0 Å². The molecular weight excluding hydrogens is 328 g/mol. The Morgan fingerprint density at radius 1 is 1.35 bits per heavy atom. The number of fused-ring (bicyclic) bond motifs is 3. The molecule has 1 aliphatic heterocycles. The standard InChI is InChI=1S/C22H30O4/c1-5-6-7-8-14-11-16(23)19-18-15(12(2)3)10-9-13(4)20(18)26-21(19)17(14)22(24)25/h11,13,15,18,20,23H,2,5-10H2,1,3-4H3,(H,24,25). The van der Waals surface area contributed by atoms with E-state index in [1.807, 2.05) is 6.92 Å². The van der Waals surface area contributed by atoms with Crippen LogP contribution in [0.1, 0.15) is 80.3 Å². The van der Waals surface area contributed by atoms with Gasteiger partial charge in [0.25, 0.3) is 0 Å². The van der Waals surface area contributed by atoms with E-state index in [0.717, 1.165) is 37.7 Å². The van der Waals surface area contributed by atoms with Crippen molar-refractivity contribution in [2.45, 2.75) is 71.3 Å². The summed E-state index contributed by atoms with van der Waals surface area (Å²) in [6.45, 7) is 10.4. The number of ether oxygens (including phenoxy) is 1. The van der Waals surface area contributed by atoms with Crippen LogP contribution < -0.4 is 4.74 Å². The fourth-order valence-corrected chi connectivity index (χ4v) is 4.77. The van der Waals surface area contributed by atoms with Crippen molar-refractivity contribution in [3.8, 4) is 11.5 Å². The molecule has 1 aromatic carbocycles. The van der Waals surface area contributed by atoms with Crippen LogP contribution in [0, 0.1) is 11.8 Å². The van der Waals surface area contributed by atoms with Gasteiger partial charge >= 0.3 is 5.97 Å². The summed E-state index contributed by atoms with van der Waals surface area (Å²) < 4.78 is 6.24. The number of hydrogen-bond acceptors (Lipinski definition) is 3. The number of rotatable bonds is 6. The number of carboxylic acids is 1. The molecule has 0 amide bonds. The van der Waals surface area contributed by atoms with Gasteiger partial charge in [-0.3, -0.25) is 0 Å². The number of allylic oxidation sites excluding steroid dienone is 1. The van der Waals surface area contributed by atoms with E-state index in [4.69, 9.17) is 4.74 Å². The van der Waals surface area contributed by atoms with Crippen LogP contribution >= 0.6 is 0 Å². The summed E-state index contributed by atoms with van der Waals surface area (Å²) in [5.74, 6) is 0.159. The maximum absolute atomic E-state index is 12.0. The van der Waals surface area contributed by atoms with Crippen molar-refractivity contribution in [2.24, 2.45) is 11.8 Å². The van der Waals surface area contributed by atoms with Gasteiger partial charge in [-0.2, -0.15) is 0 Å². The van der Waals surface area contributed by atoms with Crippen molar-refractivity contribution in [2.75, 3.05) is 0 Å². The highest BCUT2D eigenvalue weighted by Gasteiger charge is 2.48. The van der Waals surface area contributed by atoms with Gasteiger partial charge in [0.05, 0.1) is 0 Å². The lowest BCUT2D eigenvalue weighted by Gasteiger charge is -2.37. The third kappa shape index (κ3) is 3.10. The van der Waals surface area contributed by atoms with E-state index >= 15 is 0 Å². The van der Waals surface area contributed by atoms with E-state index < -0.39 is 5.97 Å². The molecule has 0 spiro atoms. The SMILES string of the molecule is C=C(C)C1CCC(C)C2Oc3c(C(=O)O)c(CCCCC)cc(O)c3C12. The Hall–Kier alpha value is -1.97. The third-order valence-electron chi connectivity index (χ3n) is 6.14. The monoisotopic (exact) mass is 358 g/mol. The average Bonchev–Trinajstić information content (AvgIpc) is 2.96. The molecule has 1 saturated carbocycles. The fourth-order valence-electron chi connectivity index (χ4n) is 4.77. The summed E-state index contributed by atoms with van der Waals surface area (Å²) in [7, 11) is 0. The molecule has 4 heteroatoms. The van der Waals surface area contributed by atoms with E-state index in [-0.39, 0.29) is 29.3 Å². The molecule has 1 aliphatic carbocycles. The highest BCUT2D eigenvalue weighted by atomic mass is 16.5. The molecule has 2 aliphatic rings. The predicted octanol–water partition coefficient (Wildman–Crippen LogP) is 5.29. The Morgan fingerprint density at radius 3 is 2.69 bits per heavy atom. The molecule has 4 nitrogen and oxygen atoms in total. The molecular formula is C22H30O4. The van der Waals surface area contributed by atoms with Crippen molar-refractivity contribution < 1.29 is 19.7 Å². The van der Waals surface area contributed by atoms with Gasteiger partial charge in [0, 0.05) is 11.5 Å². The fraction of sp³-hybridized carbons (Fsp3) is 0.591. The van der Waals surface area contributed by atoms with Crippen LogP contribution in [-0.4, -0.2) is 22.3 Å². The van der Waals surface area contributed by atoms with Gasteiger partial charge in [-0.05, 0) is 56.1 Å². The minimum Gasteiger partial charge on any atom is -0.508 e. The van der Waals surface area contributed by atoms with Crippen molar-refractivity contribution in [1.29, 1.82) is 0 Å². The molecule has 0 aromatic heterocycles. The molecule has 26 heavy (non-hydrogen) atoms. The molecule has 2 N–H and O–H groups in total. The molecule has 0 radical (unpaired) electrons. The summed E-state index contributed by atoms with van der Waals surface area (Å²) in [6.07, 6.45) is 5.60. The van der Waals surface area contributed by atoms with Gasteiger partial charge < -0.3 is 14.9 Å². The Balaban J connectivity index is 2.10. The Kier molecular flexibility index (Phi) is 5.31. The average molecular weight is 358 g/mol. The van der Waals surface area contributed by atoms with E-state index in [1.54, 1.807) is 6.07 Å². The zero-order valence-corrected chi connectivity index (χ0v) is 16.0. The summed E-state index contributed by atoms with van der Waals surface area (Å²) in [5, 5.41) is 20.7. The normalized spacial score (nSPS) is 26.7. The Morgan fingerprint density at radius 2 is 2.08 bits per heavy atom. The minimum atomic E-state index is -0.967. The summed E-state index contributed by atoms with van der Waals surface area (Å²) >= 11 is 0. The lowest BCUT2D eigenvalue weighted by atomic mass is 9.68. The smallest absolute Gasteiger partial charge is 0.339 e. The first kappa shape index (κ1) is 18.8. The molecule has 142 valence electrons. The molecule has 0 saturated heterocycles. The number of aromatic carboxylic acids is 1. The second-order valence-corrected chi connectivity index (χ2v) is 8.05. The van der Waals surface area contributed by atoms with Crippen LogP contribution in [0.4, 0.5) is 0 Å².